The molecule has 0 aliphatic heterocycles. The van der Waals surface area contributed by atoms with Crippen molar-refractivity contribution in [3.05, 3.63) is 29.0 Å². The van der Waals surface area contributed by atoms with Gasteiger partial charge in [0.1, 0.15) is 5.82 Å². The van der Waals surface area contributed by atoms with Gasteiger partial charge in [-0.1, -0.05) is 31.5 Å². The van der Waals surface area contributed by atoms with E-state index in [2.05, 4.69) is 10.2 Å². The number of hydrogen-bond donors (Lipinski definition) is 1. The van der Waals surface area contributed by atoms with Gasteiger partial charge >= 0.3 is 0 Å². The Bertz CT molecular complexity index is 753. The summed E-state index contributed by atoms with van der Waals surface area (Å²) < 4.78 is 38.4. The molecule has 0 unspecified atom stereocenters. The second-order valence-corrected chi connectivity index (χ2v) is 6.81. The highest BCUT2D eigenvalue weighted by atomic mass is 35.5. The van der Waals surface area contributed by atoms with E-state index in [1.54, 1.807) is 0 Å². The van der Waals surface area contributed by atoms with Crippen LogP contribution in [0.25, 0.3) is 11.4 Å². The zero-order chi connectivity index (χ0) is 15.8. The summed E-state index contributed by atoms with van der Waals surface area (Å²) in [6.45, 7) is 4.01. The molecule has 114 valence electrons. The molecule has 0 aliphatic rings. The van der Waals surface area contributed by atoms with Crippen molar-refractivity contribution in [2.45, 2.75) is 25.5 Å². The van der Waals surface area contributed by atoms with E-state index in [0.717, 1.165) is 0 Å². The molecule has 2 N–H and O–H groups in total. The number of halogens is 2. The van der Waals surface area contributed by atoms with Gasteiger partial charge in [-0.2, -0.15) is 0 Å². The molecular formula is C12H14ClFN4O2S. The van der Waals surface area contributed by atoms with E-state index in [9.17, 15) is 12.8 Å². The summed E-state index contributed by atoms with van der Waals surface area (Å²) in [4.78, 5) is 0. The number of nitrogens with zero attached hydrogens (tertiary/aromatic N) is 3. The Labute approximate surface area is 126 Å². The number of rotatable bonds is 4. The Balaban J connectivity index is 2.73. The first-order valence-electron chi connectivity index (χ1n) is 6.12. The van der Waals surface area contributed by atoms with Gasteiger partial charge in [-0.05, 0) is 18.1 Å². The highest BCUT2D eigenvalue weighted by molar-refractivity contribution is 7.89. The fourth-order valence-corrected chi connectivity index (χ4v) is 2.80. The molecule has 1 heterocycles. The van der Waals surface area contributed by atoms with Crippen LogP contribution in [-0.4, -0.2) is 23.2 Å². The van der Waals surface area contributed by atoms with Crippen molar-refractivity contribution >= 4 is 21.6 Å². The van der Waals surface area contributed by atoms with Crippen molar-refractivity contribution in [3.8, 4) is 11.4 Å². The number of benzene rings is 1. The van der Waals surface area contributed by atoms with E-state index in [0.29, 0.717) is 0 Å². The van der Waals surface area contributed by atoms with Crippen molar-refractivity contribution in [2.24, 2.45) is 11.1 Å². The zero-order valence-corrected chi connectivity index (χ0v) is 13.0. The molecule has 0 atom stereocenters. The number of sulfonamides is 1. The lowest BCUT2D eigenvalue weighted by Gasteiger charge is -2.12. The Morgan fingerprint density at radius 2 is 2.05 bits per heavy atom. The number of primary sulfonamides is 1. The van der Waals surface area contributed by atoms with Crippen molar-refractivity contribution in [3.63, 3.8) is 0 Å². The van der Waals surface area contributed by atoms with E-state index >= 15 is 0 Å². The fraction of sp³-hybridized carbons (Fsp3) is 0.333. The highest BCUT2D eigenvalue weighted by Gasteiger charge is 2.25. The Morgan fingerprint density at radius 3 is 2.57 bits per heavy atom. The van der Waals surface area contributed by atoms with Crippen molar-refractivity contribution in [1.29, 1.82) is 0 Å². The lowest BCUT2D eigenvalue weighted by atomic mass is 10.1. The third-order valence-corrected chi connectivity index (χ3v) is 3.83. The van der Waals surface area contributed by atoms with Crippen LogP contribution < -0.4 is 5.14 Å². The minimum Gasteiger partial charge on any atom is -0.296 e. The van der Waals surface area contributed by atoms with Gasteiger partial charge in [0.2, 0.25) is 0 Å². The largest absolute Gasteiger partial charge is 0.296 e. The molecule has 2 aromatic rings. The number of nitrogens with two attached hydrogens (primary N) is 1. The van der Waals surface area contributed by atoms with Crippen LogP contribution in [0.15, 0.2) is 23.4 Å². The summed E-state index contributed by atoms with van der Waals surface area (Å²) in [6.07, 6.45) is 0. The van der Waals surface area contributed by atoms with Crippen LogP contribution in [0.3, 0.4) is 0 Å². The van der Waals surface area contributed by atoms with Crippen LogP contribution in [0.2, 0.25) is 5.02 Å². The smallest absolute Gasteiger partial charge is 0.273 e. The minimum absolute atomic E-state index is 0.00205. The Morgan fingerprint density at radius 1 is 1.38 bits per heavy atom. The second kappa shape index (κ2) is 5.70. The molecule has 0 fully saturated rings. The first-order valence-corrected chi connectivity index (χ1v) is 8.04. The molecule has 0 radical (unpaired) electrons. The van der Waals surface area contributed by atoms with Gasteiger partial charge in [0.05, 0.1) is 10.6 Å². The van der Waals surface area contributed by atoms with Crippen LogP contribution in [-0.2, 0) is 16.6 Å². The third kappa shape index (κ3) is 3.22. The fourth-order valence-electron chi connectivity index (χ4n) is 1.93. The predicted octanol–water partition coefficient (Wildman–Crippen LogP) is 2.04. The van der Waals surface area contributed by atoms with Crippen LogP contribution in [0.5, 0.6) is 0 Å². The maximum Gasteiger partial charge on any atom is 0.273 e. The highest BCUT2D eigenvalue weighted by Crippen LogP contribution is 2.30. The lowest BCUT2D eigenvalue weighted by Crippen LogP contribution is -2.20. The van der Waals surface area contributed by atoms with Gasteiger partial charge in [-0.15, -0.1) is 10.2 Å². The monoisotopic (exact) mass is 332 g/mol. The SMILES string of the molecule is CC(C)Cn1c(-c2c(F)cccc2Cl)nnc1S(N)(=O)=O. The second-order valence-electron chi connectivity index (χ2n) is 4.95. The first kappa shape index (κ1) is 15.9. The molecule has 0 bridgehead atoms. The normalized spacial score (nSPS) is 12.1. The van der Waals surface area contributed by atoms with Crippen LogP contribution in [0, 0.1) is 11.7 Å². The van der Waals surface area contributed by atoms with Gasteiger partial charge in [-0.25, -0.2) is 17.9 Å². The average Bonchev–Trinajstić information content (AvgIpc) is 2.71. The van der Waals surface area contributed by atoms with E-state index in [1.165, 1.54) is 22.8 Å². The van der Waals surface area contributed by atoms with Crippen LogP contribution >= 0.6 is 11.6 Å². The molecule has 6 nitrogen and oxygen atoms in total. The van der Waals surface area contributed by atoms with Crippen molar-refractivity contribution in [1.82, 2.24) is 14.8 Å². The van der Waals surface area contributed by atoms with Crippen LogP contribution in [0.1, 0.15) is 13.8 Å². The van der Waals surface area contributed by atoms with Gasteiger partial charge in [0, 0.05) is 6.54 Å². The third-order valence-electron chi connectivity index (χ3n) is 2.71. The molecule has 0 aliphatic carbocycles. The van der Waals surface area contributed by atoms with Gasteiger partial charge in [0.25, 0.3) is 15.2 Å². The summed E-state index contributed by atoms with van der Waals surface area (Å²) in [5.41, 5.74) is 0.00205. The molecule has 9 heteroatoms. The molecule has 0 amide bonds. The average molecular weight is 333 g/mol. The van der Waals surface area contributed by atoms with E-state index < -0.39 is 21.0 Å². The number of hydrogen-bond acceptors (Lipinski definition) is 4. The molecule has 2 rings (SSSR count). The Hall–Kier alpha value is -1.51. The summed E-state index contributed by atoms with van der Waals surface area (Å²) >= 11 is 5.99. The van der Waals surface area contributed by atoms with Crippen molar-refractivity contribution < 1.29 is 12.8 Å². The van der Waals surface area contributed by atoms with E-state index in [4.69, 9.17) is 16.7 Å². The molecule has 0 spiro atoms. The summed E-state index contributed by atoms with van der Waals surface area (Å²) in [5, 5.41) is 12.2. The predicted molar refractivity (Wildman–Crippen MR) is 76.6 cm³/mol. The first-order chi connectivity index (χ1) is 9.71. The summed E-state index contributed by atoms with van der Waals surface area (Å²) in [6, 6.07) is 4.15. The van der Waals surface area contributed by atoms with Gasteiger partial charge < -0.3 is 0 Å². The lowest BCUT2D eigenvalue weighted by molar-refractivity contribution is 0.485. The zero-order valence-electron chi connectivity index (χ0n) is 11.4. The molecule has 21 heavy (non-hydrogen) atoms. The maximum absolute atomic E-state index is 14.0. The molecular weight excluding hydrogens is 319 g/mol. The van der Waals surface area contributed by atoms with Gasteiger partial charge in [-0.3, -0.25) is 4.57 Å². The molecule has 1 aromatic carbocycles. The van der Waals surface area contributed by atoms with E-state index in [-0.39, 0.29) is 28.9 Å². The topological polar surface area (TPSA) is 90.9 Å². The molecule has 0 saturated carbocycles. The summed E-state index contributed by atoms with van der Waals surface area (Å²) in [7, 11) is -4.07. The van der Waals surface area contributed by atoms with Crippen molar-refractivity contribution in [2.75, 3.05) is 0 Å². The van der Waals surface area contributed by atoms with Crippen LogP contribution in [0.4, 0.5) is 4.39 Å². The van der Waals surface area contributed by atoms with E-state index in [1.807, 2.05) is 13.8 Å². The summed E-state index contributed by atoms with van der Waals surface area (Å²) in [5.74, 6) is -0.498. The maximum atomic E-state index is 14.0. The standard InChI is InChI=1S/C12H14ClFN4O2S/c1-7(2)6-18-11(16-17-12(18)21(15,19)20)10-8(13)4-3-5-9(10)14/h3-5,7H,6H2,1-2H3,(H2,15,19,20). The molecule has 0 saturated heterocycles. The van der Waals surface area contributed by atoms with Gasteiger partial charge in [0.15, 0.2) is 5.82 Å². The Kier molecular flexibility index (Phi) is 4.31. The minimum atomic E-state index is -4.07. The quantitative estimate of drug-likeness (QED) is 0.927. The molecule has 1 aromatic heterocycles. The number of aromatic nitrogens is 3.